The van der Waals surface area contributed by atoms with Crippen molar-refractivity contribution in [3.05, 3.63) is 85.3 Å². The number of rotatable bonds is 6. The molecular formula is C29H27FN6O2. The normalized spacial score (nSPS) is 13.3. The van der Waals surface area contributed by atoms with E-state index in [9.17, 15) is 9.59 Å². The van der Waals surface area contributed by atoms with Gasteiger partial charge >= 0.3 is 0 Å². The highest BCUT2D eigenvalue weighted by Crippen LogP contribution is 2.33. The Morgan fingerprint density at radius 3 is 2.39 bits per heavy atom. The summed E-state index contributed by atoms with van der Waals surface area (Å²) >= 11 is 0. The zero-order chi connectivity index (χ0) is 26.6. The van der Waals surface area contributed by atoms with E-state index in [1.165, 1.54) is 6.07 Å². The summed E-state index contributed by atoms with van der Waals surface area (Å²) in [6.45, 7) is 8.03. The van der Waals surface area contributed by atoms with Crippen LogP contribution in [-0.2, 0) is 9.59 Å². The quantitative estimate of drug-likeness (QED) is 0.356. The maximum atomic E-state index is 15.4. The van der Waals surface area contributed by atoms with Crippen molar-refractivity contribution >= 4 is 45.7 Å². The number of hydrogen-bond acceptors (Lipinski definition) is 6. The first-order valence-electron chi connectivity index (χ1n) is 12.3. The molecule has 1 saturated heterocycles. The van der Waals surface area contributed by atoms with Crippen LogP contribution in [0, 0.1) is 5.82 Å². The zero-order valence-corrected chi connectivity index (χ0v) is 20.9. The Bertz CT molecular complexity index is 1510. The Balaban J connectivity index is 1.38. The lowest BCUT2D eigenvalue weighted by atomic mass is 10.0. The van der Waals surface area contributed by atoms with Gasteiger partial charge in [-0.15, -0.1) is 0 Å². The number of nitrogens with zero attached hydrogens (tertiary/aromatic N) is 4. The molecule has 0 spiro atoms. The van der Waals surface area contributed by atoms with Crippen molar-refractivity contribution in [2.24, 2.45) is 0 Å². The van der Waals surface area contributed by atoms with Crippen LogP contribution < -0.4 is 15.5 Å². The monoisotopic (exact) mass is 510 g/mol. The van der Waals surface area contributed by atoms with Crippen LogP contribution in [0.5, 0.6) is 0 Å². The summed E-state index contributed by atoms with van der Waals surface area (Å²) in [6, 6.07) is 18.3. The number of fused-ring (bicyclic) bond motifs is 1. The van der Waals surface area contributed by atoms with Crippen LogP contribution in [0.15, 0.2) is 79.5 Å². The third-order valence-corrected chi connectivity index (χ3v) is 6.56. The van der Waals surface area contributed by atoms with Gasteiger partial charge in [-0.3, -0.25) is 9.59 Å². The fourth-order valence-corrected chi connectivity index (χ4v) is 4.52. The molecule has 0 atom stereocenters. The van der Waals surface area contributed by atoms with Crippen molar-refractivity contribution < 1.29 is 14.0 Å². The first-order valence-corrected chi connectivity index (χ1v) is 12.3. The van der Waals surface area contributed by atoms with E-state index in [0.29, 0.717) is 35.7 Å². The van der Waals surface area contributed by atoms with Gasteiger partial charge in [-0.25, -0.2) is 14.4 Å². The van der Waals surface area contributed by atoms with E-state index in [1.807, 2.05) is 41.3 Å². The van der Waals surface area contributed by atoms with Gasteiger partial charge in [0.2, 0.25) is 17.8 Å². The fraction of sp³-hybridized carbons (Fsp3) is 0.172. The van der Waals surface area contributed by atoms with Gasteiger partial charge in [0.15, 0.2) is 5.82 Å². The maximum Gasteiger partial charge on any atom is 0.247 e. The van der Waals surface area contributed by atoms with Gasteiger partial charge in [-0.2, -0.15) is 0 Å². The zero-order valence-electron chi connectivity index (χ0n) is 20.9. The van der Waals surface area contributed by atoms with Crippen molar-refractivity contribution in [3.63, 3.8) is 0 Å². The lowest BCUT2D eigenvalue weighted by Gasteiger charge is -2.35. The van der Waals surface area contributed by atoms with E-state index in [4.69, 9.17) is 4.98 Å². The molecular weight excluding hydrogens is 483 g/mol. The van der Waals surface area contributed by atoms with Crippen molar-refractivity contribution in [2.75, 3.05) is 41.7 Å². The van der Waals surface area contributed by atoms with Gasteiger partial charge in [-0.1, -0.05) is 36.9 Å². The second kappa shape index (κ2) is 10.7. The van der Waals surface area contributed by atoms with Gasteiger partial charge < -0.3 is 20.4 Å². The molecule has 1 aliphatic heterocycles. The van der Waals surface area contributed by atoms with Crippen LogP contribution in [0.25, 0.3) is 22.0 Å². The number of anilines is 4. The SMILES string of the molecule is C=CC(=O)Nc1cccc(-c2cccc3cnc(Nc4ccc(N5CCN(C(C)=O)CC5)cc4)nc23)c1F. The minimum Gasteiger partial charge on any atom is -0.368 e. The van der Waals surface area contributed by atoms with Gasteiger partial charge in [0.25, 0.3) is 0 Å². The highest BCUT2D eigenvalue weighted by molar-refractivity contribution is 6.00. The number of para-hydroxylation sites is 1. The minimum atomic E-state index is -0.553. The summed E-state index contributed by atoms with van der Waals surface area (Å²) in [7, 11) is 0. The van der Waals surface area contributed by atoms with Crippen LogP contribution in [-0.4, -0.2) is 52.9 Å². The number of benzene rings is 3. The van der Waals surface area contributed by atoms with Crippen molar-refractivity contribution in [2.45, 2.75) is 6.92 Å². The number of carbonyl (C=O) groups excluding carboxylic acids is 2. The standard InChI is InChI=1S/C29H27FN6O2/c1-3-26(38)33-25-9-5-7-23(27(25)30)24-8-4-6-20-18-31-29(34-28(20)24)32-21-10-12-22(13-11-21)36-16-14-35(15-17-36)19(2)37/h3-13,18H,1,14-17H2,2H3,(H,33,38)(H,31,32,34). The number of nitrogens with one attached hydrogen (secondary N) is 2. The lowest BCUT2D eigenvalue weighted by molar-refractivity contribution is -0.129. The topological polar surface area (TPSA) is 90.5 Å². The summed E-state index contributed by atoms with van der Waals surface area (Å²) in [4.78, 5) is 36.5. The number of piperazine rings is 1. The molecule has 3 aromatic carbocycles. The molecule has 0 saturated carbocycles. The summed E-state index contributed by atoms with van der Waals surface area (Å²) in [5.41, 5.74) is 3.44. The Kier molecular flexibility index (Phi) is 6.99. The third kappa shape index (κ3) is 5.17. The molecule has 0 aliphatic carbocycles. The van der Waals surface area contributed by atoms with E-state index in [2.05, 4.69) is 27.1 Å². The fourth-order valence-electron chi connectivity index (χ4n) is 4.52. The van der Waals surface area contributed by atoms with Crippen molar-refractivity contribution in [1.29, 1.82) is 0 Å². The predicted octanol–water partition coefficient (Wildman–Crippen LogP) is 4.97. The average molecular weight is 511 g/mol. The molecule has 2 heterocycles. The lowest BCUT2D eigenvalue weighted by Crippen LogP contribution is -2.48. The predicted molar refractivity (Wildman–Crippen MR) is 148 cm³/mol. The van der Waals surface area contributed by atoms with Crippen LogP contribution in [0.4, 0.5) is 27.4 Å². The summed E-state index contributed by atoms with van der Waals surface area (Å²) in [5, 5.41) is 6.49. The highest BCUT2D eigenvalue weighted by Gasteiger charge is 2.19. The van der Waals surface area contributed by atoms with Crippen molar-refractivity contribution in [3.8, 4) is 11.1 Å². The first kappa shape index (κ1) is 24.9. The van der Waals surface area contributed by atoms with E-state index in [-0.39, 0.29) is 11.6 Å². The smallest absolute Gasteiger partial charge is 0.247 e. The largest absolute Gasteiger partial charge is 0.368 e. The Morgan fingerprint density at radius 1 is 0.974 bits per heavy atom. The molecule has 9 heteroatoms. The van der Waals surface area contributed by atoms with Crippen LogP contribution in [0.3, 0.4) is 0 Å². The summed E-state index contributed by atoms with van der Waals surface area (Å²) < 4.78 is 15.4. The number of hydrogen-bond donors (Lipinski definition) is 2. The minimum absolute atomic E-state index is 0.0691. The molecule has 0 bridgehead atoms. The molecule has 1 aromatic heterocycles. The summed E-state index contributed by atoms with van der Waals surface area (Å²) in [5.74, 6) is -0.554. The Hall–Kier alpha value is -4.79. The molecule has 0 unspecified atom stereocenters. The van der Waals surface area contributed by atoms with Gasteiger partial charge in [0.05, 0.1) is 11.2 Å². The summed E-state index contributed by atoms with van der Waals surface area (Å²) in [6.07, 6.45) is 2.79. The average Bonchev–Trinajstić information content (AvgIpc) is 2.94. The van der Waals surface area contributed by atoms with E-state index < -0.39 is 11.7 Å². The second-order valence-corrected chi connectivity index (χ2v) is 8.96. The van der Waals surface area contributed by atoms with E-state index in [1.54, 1.807) is 31.3 Å². The first-order chi connectivity index (χ1) is 18.4. The molecule has 2 amide bonds. The Labute approximate surface area is 219 Å². The van der Waals surface area contributed by atoms with E-state index in [0.717, 1.165) is 35.9 Å². The molecule has 1 fully saturated rings. The molecule has 2 N–H and O–H groups in total. The highest BCUT2D eigenvalue weighted by atomic mass is 19.1. The number of amides is 2. The second-order valence-electron chi connectivity index (χ2n) is 8.96. The van der Waals surface area contributed by atoms with Crippen LogP contribution in [0.2, 0.25) is 0 Å². The van der Waals surface area contributed by atoms with Crippen LogP contribution >= 0.6 is 0 Å². The van der Waals surface area contributed by atoms with Gasteiger partial charge in [0.1, 0.15) is 0 Å². The third-order valence-electron chi connectivity index (χ3n) is 6.56. The number of halogens is 1. The number of aromatic nitrogens is 2. The molecule has 38 heavy (non-hydrogen) atoms. The Morgan fingerprint density at radius 2 is 1.68 bits per heavy atom. The molecule has 8 nitrogen and oxygen atoms in total. The van der Waals surface area contributed by atoms with Gasteiger partial charge in [-0.05, 0) is 36.4 Å². The molecule has 1 aliphatic rings. The van der Waals surface area contributed by atoms with Crippen LogP contribution in [0.1, 0.15) is 6.92 Å². The number of carbonyl (C=O) groups is 2. The molecule has 0 radical (unpaired) electrons. The molecule has 5 rings (SSSR count). The van der Waals surface area contributed by atoms with E-state index >= 15 is 4.39 Å². The van der Waals surface area contributed by atoms with Gasteiger partial charge in [0, 0.05) is 67.2 Å². The molecule has 4 aromatic rings. The van der Waals surface area contributed by atoms with Crippen molar-refractivity contribution in [1.82, 2.24) is 14.9 Å². The molecule has 192 valence electrons. The maximum absolute atomic E-state index is 15.4.